The van der Waals surface area contributed by atoms with Crippen LogP contribution in [0.25, 0.3) is 0 Å². The highest BCUT2D eigenvalue weighted by atomic mass is 16.8. The smallest absolute Gasteiger partial charge is 0.332 e. The van der Waals surface area contributed by atoms with E-state index < -0.39 is 5.79 Å². The van der Waals surface area contributed by atoms with Crippen molar-refractivity contribution in [2.24, 2.45) is 0 Å². The van der Waals surface area contributed by atoms with Crippen molar-refractivity contribution >= 4 is 5.97 Å². The van der Waals surface area contributed by atoms with E-state index in [0.29, 0.717) is 0 Å². The van der Waals surface area contributed by atoms with Crippen LogP contribution in [0.3, 0.4) is 0 Å². The monoisotopic (exact) mass is 168 g/mol. The number of hydrogen-bond donors (Lipinski definition) is 0. The number of rotatable bonds is 2. The van der Waals surface area contributed by atoms with E-state index in [2.05, 4.69) is 6.58 Å². The lowest BCUT2D eigenvalue weighted by Gasteiger charge is -2.16. The van der Waals surface area contributed by atoms with Gasteiger partial charge in [0.25, 0.3) is 0 Å². The Kier molecular flexibility index (Phi) is 1.68. The molecule has 2 unspecified atom stereocenters. The Labute approximate surface area is 71.3 Å². The number of epoxide rings is 1. The van der Waals surface area contributed by atoms with Crippen molar-refractivity contribution in [1.82, 2.24) is 0 Å². The quantitative estimate of drug-likeness (QED) is 0.355. The lowest BCUT2D eigenvalue weighted by Crippen LogP contribution is -2.25. The molecule has 1 saturated heterocycles. The predicted molar refractivity (Wildman–Crippen MR) is 42.4 cm³/mol. The predicted octanol–water partition coefficient (Wildman–Crippen LogP) is 1.38. The molecule has 0 spiro atoms. The van der Waals surface area contributed by atoms with Gasteiger partial charge in [0.1, 0.15) is 6.10 Å². The van der Waals surface area contributed by atoms with Gasteiger partial charge in [-0.3, -0.25) is 0 Å². The molecule has 1 heterocycles. The van der Waals surface area contributed by atoms with Crippen LogP contribution in [0.2, 0.25) is 0 Å². The van der Waals surface area contributed by atoms with Crippen LogP contribution in [0, 0.1) is 0 Å². The summed E-state index contributed by atoms with van der Waals surface area (Å²) in [5, 5.41) is 0. The molecule has 1 aliphatic carbocycles. The molecule has 0 amide bonds. The zero-order valence-corrected chi connectivity index (χ0v) is 6.91. The molecule has 12 heavy (non-hydrogen) atoms. The van der Waals surface area contributed by atoms with Crippen LogP contribution in [-0.4, -0.2) is 17.9 Å². The Morgan fingerprint density at radius 2 is 2.50 bits per heavy atom. The van der Waals surface area contributed by atoms with E-state index in [-0.39, 0.29) is 12.1 Å². The van der Waals surface area contributed by atoms with E-state index in [1.165, 1.54) is 12.5 Å². The third kappa shape index (κ3) is 1.14. The van der Waals surface area contributed by atoms with Crippen molar-refractivity contribution in [2.45, 2.75) is 37.6 Å². The normalized spacial score (nSPS) is 38.2. The molecule has 0 aromatic rings. The van der Waals surface area contributed by atoms with Gasteiger partial charge < -0.3 is 9.47 Å². The third-order valence-corrected chi connectivity index (χ3v) is 2.46. The summed E-state index contributed by atoms with van der Waals surface area (Å²) >= 11 is 0. The van der Waals surface area contributed by atoms with Gasteiger partial charge in [-0.1, -0.05) is 13.0 Å². The van der Waals surface area contributed by atoms with Gasteiger partial charge in [0, 0.05) is 12.5 Å². The minimum absolute atomic E-state index is 0.162. The largest absolute Gasteiger partial charge is 0.427 e. The summed E-state index contributed by atoms with van der Waals surface area (Å²) in [6.45, 7) is 3.35. The standard InChI is InChI=1S/C9H12O3/c1-2-8(10)12-9-6-4-3-5-7(9)11-9/h2,7H,1,3-6H2. The van der Waals surface area contributed by atoms with Crippen molar-refractivity contribution in [2.75, 3.05) is 0 Å². The molecular weight excluding hydrogens is 156 g/mol. The maximum absolute atomic E-state index is 10.9. The van der Waals surface area contributed by atoms with E-state index in [1.807, 2.05) is 0 Å². The number of esters is 1. The second-order valence-electron chi connectivity index (χ2n) is 3.29. The summed E-state index contributed by atoms with van der Waals surface area (Å²) in [5.74, 6) is -0.928. The van der Waals surface area contributed by atoms with Gasteiger partial charge in [-0.25, -0.2) is 4.79 Å². The van der Waals surface area contributed by atoms with Gasteiger partial charge in [0.05, 0.1) is 0 Å². The molecular formula is C9H12O3. The van der Waals surface area contributed by atoms with Gasteiger partial charge in [-0.2, -0.15) is 0 Å². The molecule has 2 atom stereocenters. The van der Waals surface area contributed by atoms with Crippen molar-refractivity contribution in [3.63, 3.8) is 0 Å². The second-order valence-corrected chi connectivity index (χ2v) is 3.29. The van der Waals surface area contributed by atoms with Crippen molar-refractivity contribution in [3.8, 4) is 0 Å². The minimum atomic E-state index is -0.552. The van der Waals surface area contributed by atoms with E-state index in [9.17, 15) is 4.79 Å². The Morgan fingerprint density at radius 3 is 3.17 bits per heavy atom. The average molecular weight is 168 g/mol. The van der Waals surface area contributed by atoms with Crippen molar-refractivity contribution in [3.05, 3.63) is 12.7 Å². The minimum Gasteiger partial charge on any atom is -0.427 e. The molecule has 0 aromatic heterocycles. The first-order valence-electron chi connectivity index (χ1n) is 4.30. The van der Waals surface area contributed by atoms with Crippen LogP contribution in [-0.2, 0) is 14.3 Å². The Bertz CT molecular complexity index is 224. The van der Waals surface area contributed by atoms with Crippen LogP contribution in [0.5, 0.6) is 0 Å². The highest BCUT2D eigenvalue weighted by Crippen LogP contribution is 2.48. The molecule has 0 radical (unpaired) electrons. The highest BCUT2D eigenvalue weighted by Gasteiger charge is 2.60. The molecule has 3 heteroatoms. The number of hydrogen-bond acceptors (Lipinski definition) is 3. The molecule has 66 valence electrons. The number of carbonyl (C=O) groups excluding carboxylic acids is 1. The first kappa shape index (κ1) is 7.80. The average Bonchev–Trinajstić information content (AvgIpc) is 2.78. The number of ether oxygens (including phenoxy) is 2. The molecule has 2 rings (SSSR count). The summed E-state index contributed by atoms with van der Waals surface area (Å²) in [5.41, 5.74) is 0. The molecule has 3 nitrogen and oxygen atoms in total. The van der Waals surface area contributed by atoms with Crippen LogP contribution in [0.15, 0.2) is 12.7 Å². The zero-order chi connectivity index (χ0) is 8.60. The lowest BCUT2D eigenvalue weighted by molar-refractivity contribution is -0.153. The Morgan fingerprint density at radius 1 is 1.67 bits per heavy atom. The molecule has 0 N–H and O–H groups in total. The van der Waals surface area contributed by atoms with E-state index >= 15 is 0 Å². The van der Waals surface area contributed by atoms with Crippen molar-refractivity contribution < 1.29 is 14.3 Å². The molecule has 0 bridgehead atoms. The second kappa shape index (κ2) is 2.59. The van der Waals surface area contributed by atoms with E-state index in [1.54, 1.807) is 0 Å². The summed E-state index contributed by atoms with van der Waals surface area (Å²) in [6, 6.07) is 0. The third-order valence-electron chi connectivity index (χ3n) is 2.46. The maximum atomic E-state index is 10.9. The fraction of sp³-hybridized carbons (Fsp3) is 0.667. The molecule has 2 aliphatic rings. The summed E-state index contributed by atoms with van der Waals surface area (Å²) in [7, 11) is 0. The SMILES string of the molecule is C=CC(=O)OC12CCCCC1O2. The van der Waals surface area contributed by atoms with Crippen molar-refractivity contribution in [1.29, 1.82) is 0 Å². The van der Waals surface area contributed by atoms with Crippen LogP contribution >= 0.6 is 0 Å². The molecule has 1 aliphatic heterocycles. The Hall–Kier alpha value is -0.830. The summed E-state index contributed by atoms with van der Waals surface area (Å²) < 4.78 is 10.5. The number of fused-ring (bicyclic) bond motifs is 1. The first-order valence-corrected chi connectivity index (χ1v) is 4.30. The fourth-order valence-electron chi connectivity index (χ4n) is 1.76. The lowest BCUT2D eigenvalue weighted by atomic mass is 9.98. The molecule has 0 aromatic carbocycles. The van der Waals surface area contributed by atoms with Gasteiger partial charge in [-0.15, -0.1) is 0 Å². The topological polar surface area (TPSA) is 38.8 Å². The van der Waals surface area contributed by atoms with Gasteiger partial charge in [-0.05, 0) is 12.8 Å². The Balaban J connectivity index is 1.95. The summed E-state index contributed by atoms with van der Waals surface area (Å²) in [6.07, 6.45) is 5.47. The van der Waals surface area contributed by atoms with Crippen LogP contribution in [0.4, 0.5) is 0 Å². The van der Waals surface area contributed by atoms with Gasteiger partial charge in [0.2, 0.25) is 5.79 Å². The van der Waals surface area contributed by atoms with E-state index in [0.717, 1.165) is 19.3 Å². The zero-order valence-electron chi connectivity index (χ0n) is 6.91. The van der Waals surface area contributed by atoms with Gasteiger partial charge in [0.15, 0.2) is 0 Å². The molecule has 1 saturated carbocycles. The maximum Gasteiger partial charge on any atom is 0.332 e. The number of carbonyl (C=O) groups is 1. The highest BCUT2D eigenvalue weighted by molar-refractivity contribution is 5.81. The van der Waals surface area contributed by atoms with Gasteiger partial charge >= 0.3 is 5.97 Å². The summed E-state index contributed by atoms with van der Waals surface area (Å²) in [4.78, 5) is 10.9. The van der Waals surface area contributed by atoms with E-state index in [4.69, 9.17) is 9.47 Å². The fourth-order valence-corrected chi connectivity index (χ4v) is 1.76. The van der Waals surface area contributed by atoms with Crippen LogP contribution < -0.4 is 0 Å². The first-order chi connectivity index (χ1) is 5.77. The van der Waals surface area contributed by atoms with Crippen LogP contribution in [0.1, 0.15) is 25.7 Å². The molecule has 2 fully saturated rings.